The Balaban J connectivity index is 1.45. The molecule has 0 aromatic heterocycles. The summed E-state index contributed by atoms with van der Waals surface area (Å²) < 4.78 is 0. The number of piperidine rings is 1. The van der Waals surface area contributed by atoms with E-state index in [2.05, 4.69) is 83.2 Å². The number of carbonyl (C=O) groups is 1. The molecule has 4 heteroatoms. The number of aryl methyl sites for hydroxylation is 1. The molecular weight excluding hydrogens is 454 g/mol. The van der Waals surface area contributed by atoms with Gasteiger partial charge in [-0.2, -0.15) is 0 Å². The molecule has 2 saturated heterocycles. The molecular formula is C33H45N3O. The summed E-state index contributed by atoms with van der Waals surface area (Å²) in [7, 11) is 0. The van der Waals surface area contributed by atoms with E-state index in [1.165, 1.54) is 61.6 Å². The van der Waals surface area contributed by atoms with Crippen LogP contribution in [0.4, 0.5) is 0 Å². The lowest BCUT2D eigenvalue weighted by molar-refractivity contribution is 0.0563. The number of hydrogen-bond donors (Lipinski definition) is 1. The summed E-state index contributed by atoms with van der Waals surface area (Å²) in [5.41, 5.74) is 4.85. The maximum Gasteiger partial charge on any atom is 0.251 e. The standard InChI is InChI=1S/C33H45N3O/c1-3-21-35-22-20-30-14-9-15-31(24-35)36(30)32(28-11-8-10-25(4-2)23-28)26-16-18-27(19-17-26)33(37)34-29-12-6-5-7-13-29/h3,8,10-11,16-19,23,29-32H,1,4-7,9,12-15,20-22,24H2,2H3,(H,34,37). The van der Waals surface area contributed by atoms with Crippen LogP contribution in [0.25, 0.3) is 0 Å². The molecule has 2 aliphatic heterocycles. The average molecular weight is 500 g/mol. The van der Waals surface area contributed by atoms with Crippen molar-refractivity contribution in [3.8, 4) is 0 Å². The Morgan fingerprint density at radius 3 is 2.51 bits per heavy atom. The fourth-order valence-electron chi connectivity index (χ4n) is 7.01. The molecule has 2 aromatic rings. The van der Waals surface area contributed by atoms with Crippen molar-refractivity contribution in [1.29, 1.82) is 0 Å². The van der Waals surface area contributed by atoms with E-state index >= 15 is 0 Å². The fourth-order valence-corrected chi connectivity index (χ4v) is 7.01. The predicted molar refractivity (Wildman–Crippen MR) is 153 cm³/mol. The van der Waals surface area contributed by atoms with Crippen molar-refractivity contribution >= 4 is 5.91 Å². The first-order valence-electron chi connectivity index (χ1n) is 14.8. The highest BCUT2D eigenvalue weighted by molar-refractivity contribution is 5.94. The van der Waals surface area contributed by atoms with Crippen LogP contribution in [0.5, 0.6) is 0 Å². The summed E-state index contributed by atoms with van der Waals surface area (Å²) in [6.45, 7) is 9.47. The number of carbonyl (C=O) groups excluding carboxylic acids is 1. The molecule has 1 saturated carbocycles. The first-order chi connectivity index (χ1) is 18.2. The molecule has 1 aliphatic carbocycles. The monoisotopic (exact) mass is 499 g/mol. The summed E-state index contributed by atoms with van der Waals surface area (Å²) >= 11 is 0. The third-order valence-corrected chi connectivity index (χ3v) is 8.95. The van der Waals surface area contributed by atoms with Gasteiger partial charge in [-0.05, 0) is 67.3 Å². The molecule has 5 rings (SSSR count). The normalized spacial score (nSPS) is 24.2. The molecule has 3 fully saturated rings. The quantitative estimate of drug-likeness (QED) is 0.420. The Labute approximate surface area is 224 Å². The minimum atomic E-state index is 0.0784. The number of nitrogens with one attached hydrogen (secondary N) is 1. The average Bonchev–Trinajstić information content (AvgIpc) is 3.02. The molecule has 3 unspecified atom stereocenters. The molecule has 0 radical (unpaired) electrons. The van der Waals surface area contributed by atoms with Crippen molar-refractivity contribution in [1.82, 2.24) is 15.1 Å². The van der Waals surface area contributed by atoms with Crippen LogP contribution in [0.3, 0.4) is 0 Å². The third kappa shape index (κ3) is 6.18. The van der Waals surface area contributed by atoms with E-state index in [0.717, 1.165) is 44.5 Å². The second-order valence-corrected chi connectivity index (χ2v) is 11.5. The van der Waals surface area contributed by atoms with E-state index < -0.39 is 0 Å². The maximum atomic E-state index is 13.0. The highest BCUT2D eigenvalue weighted by atomic mass is 16.1. The Kier molecular flexibility index (Phi) is 8.78. The smallest absolute Gasteiger partial charge is 0.251 e. The van der Waals surface area contributed by atoms with Crippen LogP contribution in [-0.2, 0) is 6.42 Å². The minimum absolute atomic E-state index is 0.0784. The topological polar surface area (TPSA) is 35.6 Å². The lowest BCUT2D eigenvalue weighted by atomic mass is 9.87. The van der Waals surface area contributed by atoms with Gasteiger partial charge in [0.15, 0.2) is 0 Å². The van der Waals surface area contributed by atoms with E-state index in [-0.39, 0.29) is 11.9 Å². The van der Waals surface area contributed by atoms with Gasteiger partial charge in [0.2, 0.25) is 0 Å². The SMILES string of the molecule is C=CCN1CCC2CCCC(C1)N2C(c1ccc(C(=O)NC2CCCCC2)cc1)c1cccc(CC)c1. The molecule has 1 amide bonds. The van der Waals surface area contributed by atoms with Crippen LogP contribution in [0.1, 0.15) is 97.8 Å². The van der Waals surface area contributed by atoms with Crippen molar-refractivity contribution < 1.29 is 4.79 Å². The van der Waals surface area contributed by atoms with Gasteiger partial charge >= 0.3 is 0 Å². The molecule has 1 N–H and O–H groups in total. The highest BCUT2D eigenvalue weighted by Gasteiger charge is 2.39. The Hall–Kier alpha value is -2.43. The van der Waals surface area contributed by atoms with Crippen molar-refractivity contribution in [3.63, 3.8) is 0 Å². The second-order valence-electron chi connectivity index (χ2n) is 11.5. The van der Waals surface area contributed by atoms with Gasteiger partial charge in [0, 0.05) is 43.3 Å². The zero-order valence-corrected chi connectivity index (χ0v) is 22.7. The van der Waals surface area contributed by atoms with Crippen LogP contribution in [0, 0.1) is 0 Å². The lowest BCUT2D eigenvalue weighted by Crippen LogP contribution is -2.50. The number of fused-ring (bicyclic) bond motifs is 2. The molecule has 3 aliphatic rings. The third-order valence-electron chi connectivity index (χ3n) is 8.95. The molecule has 2 bridgehead atoms. The summed E-state index contributed by atoms with van der Waals surface area (Å²) in [6.07, 6.45) is 14.1. The summed E-state index contributed by atoms with van der Waals surface area (Å²) in [5.74, 6) is 0.0784. The van der Waals surface area contributed by atoms with Crippen LogP contribution in [-0.4, -0.2) is 53.5 Å². The predicted octanol–water partition coefficient (Wildman–Crippen LogP) is 6.52. The molecule has 0 spiro atoms. The maximum absolute atomic E-state index is 13.0. The first kappa shape index (κ1) is 26.2. The molecule has 2 heterocycles. The molecule has 3 atom stereocenters. The van der Waals surface area contributed by atoms with Crippen molar-refractivity contribution in [3.05, 3.63) is 83.4 Å². The van der Waals surface area contributed by atoms with E-state index in [9.17, 15) is 4.79 Å². The Morgan fingerprint density at radius 1 is 0.973 bits per heavy atom. The van der Waals surface area contributed by atoms with Gasteiger partial charge in [0.1, 0.15) is 0 Å². The summed E-state index contributed by atoms with van der Waals surface area (Å²) in [6, 6.07) is 19.4. The highest BCUT2D eigenvalue weighted by Crippen LogP contribution is 2.40. The van der Waals surface area contributed by atoms with Gasteiger partial charge in [-0.3, -0.25) is 14.6 Å². The van der Waals surface area contributed by atoms with Crippen LogP contribution < -0.4 is 5.32 Å². The second kappa shape index (κ2) is 12.4. The van der Waals surface area contributed by atoms with E-state index in [4.69, 9.17) is 0 Å². The number of amides is 1. The van der Waals surface area contributed by atoms with Crippen LogP contribution in [0.15, 0.2) is 61.2 Å². The Morgan fingerprint density at radius 2 is 1.76 bits per heavy atom. The van der Waals surface area contributed by atoms with Gasteiger partial charge in [0.05, 0.1) is 6.04 Å². The van der Waals surface area contributed by atoms with Gasteiger partial charge in [0.25, 0.3) is 5.91 Å². The van der Waals surface area contributed by atoms with E-state index in [1.807, 2.05) is 0 Å². The Bertz CT molecular complexity index is 1040. The zero-order valence-electron chi connectivity index (χ0n) is 22.7. The van der Waals surface area contributed by atoms with Crippen LogP contribution >= 0.6 is 0 Å². The fraction of sp³-hybridized carbons (Fsp3) is 0.545. The van der Waals surface area contributed by atoms with Gasteiger partial charge in [-0.15, -0.1) is 6.58 Å². The van der Waals surface area contributed by atoms with E-state index in [0.29, 0.717) is 18.1 Å². The number of hydrogen-bond acceptors (Lipinski definition) is 3. The molecule has 198 valence electrons. The summed E-state index contributed by atoms with van der Waals surface area (Å²) in [4.78, 5) is 18.5. The van der Waals surface area contributed by atoms with E-state index in [1.54, 1.807) is 0 Å². The summed E-state index contributed by atoms with van der Waals surface area (Å²) in [5, 5.41) is 3.29. The lowest BCUT2D eigenvalue weighted by Gasteiger charge is -2.46. The van der Waals surface area contributed by atoms with Crippen LogP contribution in [0.2, 0.25) is 0 Å². The zero-order chi connectivity index (χ0) is 25.6. The van der Waals surface area contributed by atoms with Crippen molar-refractivity contribution in [2.75, 3.05) is 19.6 Å². The van der Waals surface area contributed by atoms with Gasteiger partial charge < -0.3 is 5.32 Å². The van der Waals surface area contributed by atoms with Gasteiger partial charge in [-0.25, -0.2) is 0 Å². The number of nitrogens with zero attached hydrogens (tertiary/aromatic N) is 2. The largest absolute Gasteiger partial charge is 0.349 e. The first-order valence-corrected chi connectivity index (χ1v) is 14.8. The van der Waals surface area contributed by atoms with Gasteiger partial charge in [-0.1, -0.05) is 75.1 Å². The van der Waals surface area contributed by atoms with Crippen molar-refractivity contribution in [2.45, 2.75) is 95.3 Å². The molecule has 37 heavy (non-hydrogen) atoms. The molecule has 4 nitrogen and oxygen atoms in total. The number of benzene rings is 2. The molecule has 2 aromatic carbocycles. The number of rotatable bonds is 8. The van der Waals surface area contributed by atoms with Crippen molar-refractivity contribution in [2.24, 2.45) is 0 Å². The minimum Gasteiger partial charge on any atom is -0.349 e.